The minimum Gasteiger partial charge on any atom is -0.363 e. The molecule has 112 valence electrons. The van der Waals surface area contributed by atoms with Crippen molar-refractivity contribution in [3.63, 3.8) is 0 Å². The van der Waals surface area contributed by atoms with Crippen LogP contribution in [-0.2, 0) is 10.3 Å². The summed E-state index contributed by atoms with van der Waals surface area (Å²) in [5.74, 6) is 5.49. The average molecular weight is 347 g/mol. The van der Waals surface area contributed by atoms with Gasteiger partial charge in [0.05, 0.1) is 10.4 Å². The fourth-order valence-electron chi connectivity index (χ4n) is 6.44. The first-order valence-electron chi connectivity index (χ1n) is 8.35. The zero-order chi connectivity index (χ0) is 14.6. The largest absolute Gasteiger partial charge is 0.363 e. The maximum absolute atomic E-state index is 6.87. The lowest BCUT2D eigenvalue weighted by molar-refractivity contribution is -0.164. The van der Waals surface area contributed by atoms with E-state index in [2.05, 4.69) is 67.0 Å². The number of halogens is 1. The molecule has 6 unspecified atom stereocenters. The van der Waals surface area contributed by atoms with E-state index in [9.17, 15) is 0 Å². The number of rotatable bonds is 2. The van der Waals surface area contributed by atoms with Gasteiger partial charge in [0.15, 0.2) is 0 Å². The van der Waals surface area contributed by atoms with Crippen LogP contribution in [0.1, 0.15) is 32.8 Å². The predicted molar refractivity (Wildman–Crippen MR) is 87.2 cm³/mol. The molecule has 0 aromatic heterocycles. The maximum Gasteiger partial charge on any atom is 0.110 e. The van der Waals surface area contributed by atoms with Crippen LogP contribution < -0.4 is 0 Å². The highest BCUT2D eigenvalue weighted by atomic mass is 79.9. The van der Waals surface area contributed by atoms with Crippen LogP contribution in [0.5, 0.6) is 0 Å². The molecular weight excluding hydrogens is 324 g/mol. The quantitative estimate of drug-likeness (QED) is 0.711. The Balaban J connectivity index is 1.67. The maximum atomic E-state index is 6.87. The molecule has 0 saturated heterocycles. The average Bonchev–Trinajstić information content (AvgIpc) is 2.81. The molecule has 6 rings (SSSR count). The first kappa shape index (κ1) is 13.1. The van der Waals surface area contributed by atoms with Gasteiger partial charge in [-0.2, -0.15) is 0 Å². The molecule has 1 aromatic rings. The summed E-state index contributed by atoms with van der Waals surface area (Å²) < 4.78 is 6.87. The molecule has 6 bridgehead atoms. The Morgan fingerprint density at radius 1 is 1.05 bits per heavy atom. The van der Waals surface area contributed by atoms with Gasteiger partial charge in [0.2, 0.25) is 0 Å². The third-order valence-electron chi connectivity index (χ3n) is 6.59. The molecule has 5 fully saturated rings. The van der Waals surface area contributed by atoms with Gasteiger partial charge in [-0.3, -0.25) is 0 Å². The molecule has 5 aliphatic rings. The highest BCUT2D eigenvalue weighted by Gasteiger charge is 2.84. The molecular formula is C19H23BrO. The molecule has 8 atom stereocenters. The number of hydrogen-bond donors (Lipinski definition) is 0. The van der Waals surface area contributed by atoms with Gasteiger partial charge in [-0.1, -0.05) is 46.3 Å². The van der Waals surface area contributed by atoms with Crippen molar-refractivity contribution in [2.75, 3.05) is 0 Å². The Labute approximate surface area is 135 Å². The molecule has 0 aliphatic heterocycles. The van der Waals surface area contributed by atoms with E-state index in [1.165, 1.54) is 12.0 Å². The molecule has 2 heteroatoms. The molecule has 21 heavy (non-hydrogen) atoms. The van der Waals surface area contributed by atoms with Gasteiger partial charge in [-0.05, 0) is 68.3 Å². The normalized spacial score (nSPS) is 52.5. The van der Waals surface area contributed by atoms with Crippen molar-refractivity contribution in [1.29, 1.82) is 0 Å². The van der Waals surface area contributed by atoms with Gasteiger partial charge in [0.1, 0.15) is 5.60 Å². The second-order valence-corrected chi connectivity index (χ2v) is 9.58. The van der Waals surface area contributed by atoms with E-state index < -0.39 is 0 Å². The predicted octanol–water partition coefficient (Wildman–Crippen LogP) is 4.60. The van der Waals surface area contributed by atoms with E-state index in [-0.39, 0.29) is 11.2 Å². The van der Waals surface area contributed by atoms with Gasteiger partial charge in [0, 0.05) is 0 Å². The fourth-order valence-corrected chi connectivity index (χ4v) is 7.85. The summed E-state index contributed by atoms with van der Waals surface area (Å²) in [5.41, 5.74) is 1.17. The van der Waals surface area contributed by atoms with Gasteiger partial charge in [-0.25, -0.2) is 0 Å². The van der Waals surface area contributed by atoms with Crippen LogP contribution >= 0.6 is 15.9 Å². The molecule has 5 aliphatic carbocycles. The van der Waals surface area contributed by atoms with Gasteiger partial charge >= 0.3 is 0 Å². The Hall–Kier alpha value is -0.340. The summed E-state index contributed by atoms with van der Waals surface area (Å²) in [5, 5.41) is 0. The minimum atomic E-state index is -0.110. The fraction of sp³-hybridized carbons (Fsp3) is 0.684. The minimum absolute atomic E-state index is 0.110. The summed E-state index contributed by atoms with van der Waals surface area (Å²) in [7, 11) is 0. The number of benzene rings is 1. The zero-order valence-corrected chi connectivity index (χ0v) is 14.5. The van der Waals surface area contributed by atoms with E-state index in [0.717, 1.165) is 35.5 Å². The number of hydrogen-bond acceptors (Lipinski definition) is 1. The Morgan fingerprint density at radius 3 is 2.33 bits per heavy atom. The van der Waals surface area contributed by atoms with Crippen molar-refractivity contribution in [2.24, 2.45) is 35.5 Å². The summed E-state index contributed by atoms with van der Waals surface area (Å²) in [6, 6.07) is 11.0. The zero-order valence-electron chi connectivity index (χ0n) is 12.9. The first-order chi connectivity index (χ1) is 9.95. The third kappa shape index (κ3) is 1.42. The molecule has 0 radical (unpaired) electrons. The summed E-state index contributed by atoms with van der Waals surface area (Å²) in [6.45, 7) is 6.62. The summed E-state index contributed by atoms with van der Waals surface area (Å²) in [4.78, 5) is 0.482. The van der Waals surface area contributed by atoms with E-state index in [1.807, 2.05) is 0 Å². The van der Waals surface area contributed by atoms with Gasteiger partial charge in [0.25, 0.3) is 0 Å². The van der Waals surface area contributed by atoms with E-state index in [0.29, 0.717) is 4.83 Å². The van der Waals surface area contributed by atoms with Crippen LogP contribution in [0.4, 0.5) is 0 Å². The number of ether oxygens (including phenoxy) is 1. The monoisotopic (exact) mass is 346 g/mol. The van der Waals surface area contributed by atoms with E-state index >= 15 is 0 Å². The smallest absolute Gasteiger partial charge is 0.110 e. The topological polar surface area (TPSA) is 9.23 Å². The van der Waals surface area contributed by atoms with Crippen LogP contribution in [0.3, 0.4) is 0 Å². The van der Waals surface area contributed by atoms with Gasteiger partial charge in [-0.15, -0.1) is 0 Å². The van der Waals surface area contributed by atoms with Crippen molar-refractivity contribution >= 4 is 15.9 Å². The standard InChI is InChI=1S/C19H23BrO/c1-18(2,3)21-19(10-7-5-4-6-8-10)16-12-9-11-13(14(11)16)15(12)17(19)20/h4-8,11-17H,9H2,1-3H3/t11?,12?,13?,14?,15?,16?,17-,19+/m0/s1. The van der Waals surface area contributed by atoms with Crippen LogP contribution in [-0.4, -0.2) is 10.4 Å². The third-order valence-corrected chi connectivity index (χ3v) is 7.88. The molecule has 5 saturated carbocycles. The van der Waals surface area contributed by atoms with Crippen LogP contribution in [0.25, 0.3) is 0 Å². The van der Waals surface area contributed by atoms with E-state index in [1.54, 1.807) is 0 Å². The number of alkyl halides is 1. The SMILES string of the molecule is CC(C)(C)O[C@]1(c2ccccc2)C2C3CC4C(C42)C3[C@@H]1Br. The van der Waals surface area contributed by atoms with Crippen LogP contribution in [0, 0.1) is 35.5 Å². The second kappa shape index (κ2) is 3.76. The van der Waals surface area contributed by atoms with Crippen molar-refractivity contribution in [3.8, 4) is 0 Å². The van der Waals surface area contributed by atoms with Crippen molar-refractivity contribution in [1.82, 2.24) is 0 Å². The lowest BCUT2D eigenvalue weighted by Gasteiger charge is -2.46. The molecule has 0 spiro atoms. The molecule has 1 nitrogen and oxygen atoms in total. The lowest BCUT2D eigenvalue weighted by atomic mass is 9.77. The van der Waals surface area contributed by atoms with Crippen LogP contribution in [0.2, 0.25) is 0 Å². The van der Waals surface area contributed by atoms with Crippen molar-refractivity contribution in [3.05, 3.63) is 35.9 Å². The van der Waals surface area contributed by atoms with Crippen LogP contribution in [0.15, 0.2) is 30.3 Å². The lowest BCUT2D eigenvalue weighted by Crippen LogP contribution is -2.49. The summed E-state index contributed by atoms with van der Waals surface area (Å²) in [6.07, 6.45) is 1.47. The first-order valence-corrected chi connectivity index (χ1v) is 9.26. The van der Waals surface area contributed by atoms with Crippen molar-refractivity contribution in [2.45, 2.75) is 43.2 Å². The van der Waals surface area contributed by atoms with E-state index in [4.69, 9.17) is 4.74 Å². The Bertz CT molecular complexity index is 591. The Kier molecular flexibility index (Phi) is 2.35. The highest BCUT2D eigenvalue weighted by molar-refractivity contribution is 9.09. The van der Waals surface area contributed by atoms with Crippen molar-refractivity contribution < 1.29 is 4.74 Å². The molecule has 1 aromatic carbocycles. The molecule has 0 N–H and O–H groups in total. The van der Waals surface area contributed by atoms with Gasteiger partial charge < -0.3 is 4.74 Å². The second-order valence-electron chi connectivity index (χ2n) is 8.60. The molecule has 0 amide bonds. The summed E-state index contributed by atoms with van der Waals surface area (Å²) >= 11 is 4.12. The molecule has 0 heterocycles. The Morgan fingerprint density at radius 2 is 1.76 bits per heavy atom. The highest BCUT2D eigenvalue weighted by Crippen LogP contribution is 2.85.